The molecule has 0 saturated carbocycles. The molecule has 0 spiro atoms. The number of benzene rings is 1. The number of hydrogen-bond donors (Lipinski definition) is 1. The number of allylic oxidation sites excluding steroid dienone is 4. The van der Waals surface area contributed by atoms with E-state index in [2.05, 4.69) is 52.0 Å². The van der Waals surface area contributed by atoms with E-state index in [1.165, 1.54) is 18.1 Å². The molecule has 0 bridgehead atoms. The molecule has 184 valence electrons. The Labute approximate surface area is 200 Å². The summed E-state index contributed by atoms with van der Waals surface area (Å²) in [6.45, 7) is 8.75. The summed E-state index contributed by atoms with van der Waals surface area (Å²) in [6, 6.07) is 4.93. The van der Waals surface area contributed by atoms with Crippen LogP contribution in [0.25, 0.3) is 0 Å². The van der Waals surface area contributed by atoms with Crippen LogP contribution in [-0.2, 0) is 16.1 Å². The van der Waals surface area contributed by atoms with E-state index in [4.69, 9.17) is 4.74 Å². The first-order valence-electron chi connectivity index (χ1n) is 12.3. The maximum atomic E-state index is 13.0. The molecule has 0 fully saturated rings. The van der Waals surface area contributed by atoms with Gasteiger partial charge in [-0.2, -0.15) is 0 Å². The number of carbonyl (C=O) groups excluding carboxylic acids is 2. The van der Waals surface area contributed by atoms with Gasteiger partial charge in [0.2, 0.25) is 11.8 Å². The smallest absolute Gasteiger partial charge is 0.229 e. The van der Waals surface area contributed by atoms with Crippen molar-refractivity contribution < 1.29 is 19.4 Å². The molecule has 0 atom stereocenters. The number of phenolic OH excluding ortho intramolecular Hbond substituents is 1. The fourth-order valence-corrected chi connectivity index (χ4v) is 3.40. The Bertz CT molecular complexity index is 742. The second kappa shape index (κ2) is 16.1. The van der Waals surface area contributed by atoms with Crippen LogP contribution in [0.5, 0.6) is 11.5 Å². The first kappa shape index (κ1) is 28.5. The number of hydrogen-bond acceptors (Lipinski definition) is 4. The molecule has 0 heterocycles. The molecule has 0 aromatic heterocycles. The van der Waals surface area contributed by atoms with Gasteiger partial charge < -0.3 is 9.84 Å². The van der Waals surface area contributed by atoms with E-state index in [0.717, 1.165) is 44.1 Å². The van der Waals surface area contributed by atoms with Crippen molar-refractivity contribution in [3.05, 3.63) is 48.1 Å². The van der Waals surface area contributed by atoms with Crippen LogP contribution >= 0.6 is 0 Å². The molecular weight excluding hydrogens is 414 g/mol. The Morgan fingerprint density at radius 1 is 0.909 bits per heavy atom. The molecule has 5 heteroatoms. The summed E-state index contributed by atoms with van der Waals surface area (Å²) >= 11 is 0. The molecule has 0 aliphatic heterocycles. The Morgan fingerprint density at radius 3 is 1.88 bits per heavy atom. The lowest BCUT2D eigenvalue weighted by Gasteiger charge is -2.21. The van der Waals surface area contributed by atoms with E-state index < -0.39 is 0 Å². The number of carbonyl (C=O) groups is 2. The van der Waals surface area contributed by atoms with Crippen LogP contribution in [0, 0.1) is 11.8 Å². The molecule has 1 aromatic rings. The van der Waals surface area contributed by atoms with Crippen molar-refractivity contribution in [2.75, 3.05) is 7.11 Å². The highest BCUT2D eigenvalue weighted by Gasteiger charge is 2.21. The summed E-state index contributed by atoms with van der Waals surface area (Å²) in [5.74, 6) is 1.15. The predicted octanol–water partition coefficient (Wildman–Crippen LogP) is 6.80. The maximum Gasteiger partial charge on any atom is 0.229 e. The number of unbranched alkanes of at least 4 members (excludes halogenated alkanes) is 4. The van der Waals surface area contributed by atoms with E-state index in [1.54, 1.807) is 12.1 Å². The summed E-state index contributed by atoms with van der Waals surface area (Å²) in [5, 5.41) is 9.85. The van der Waals surface area contributed by atoms with Gasteiger partial charge in [0, 0.05) is 12.8 Å². The molecular formula is C28H43NO4. The maximum absolute atomic E-state index is 13.0. The van der Waals surface area contributed by atoms with Crippen molar-refractivity contribution in [2.24, 2.45) is 11.8 Å². The van der Waals surface area contributed by atoms with Gasteiger partial charge in [-0.1, -0.05) is 58.1 Å². The molecule has 1 aromatic carbocycles. The molecule has 0 aliphatic rings. The Morgan fingerprint density at radius 2 is 1.42 bits per heavy atom. The summed E-state index contributed by atoms with van der Waals surface area (Å²) in [6.07, 6.45) is 14.6. The van der Waals surface area contributed by atoms with Crippen molar-refractivity contribution in [3.8, 4) is 11.5 Å². The summed E-state index contributed by atoms with van der Waals surface area (Å²) < 4.78 is 5.18. The van der Waals surface area contributed by atoms with Crippen LogP contribution in [0.2, 0.25) is 0 Å². The van der Waals surface area contributed by atoms with Crippen molar-refractivity contribution in [1.82, 2.24) is 4.90 Å². The second-order valence-electron chi connectivity index (χ2n) is 9.22. The average molecular weight is 458 g/mol. The third-order valence-corrected chi connectivity index (χ3v) is 5.25. The minimum atomic E-state index is -0.139. The number of imide groups is 1. The van der Waals surface area contributed by atoms with Crippen LogP contribution < -0.4 is 4.74 Å². The number of amides is 2. The molecule has 0 saturated heterocycles. The first-order valence-corrected chi connectivity index (χ1v) is 12.3. The molecule has 1 N–H and O–H groups in total. The number of aromatic hydroxyl groups is 1. The van der Waals surface area contributed by atoms with E-state index in [0.29, 0.717) is 30.4 Å². The Balaban J connectivity index is 2.72. The van der Waals surface area contributed by atoms with Crippen molar-refractivity contribution >= 4 is 11.8 Å². The molecule has 0 unspecified atom stereocenters. The first-order chi connectivity index (χ1) is 15.7. The quantitative estimate of drug-likeness (QED) is 0.232. The van der Waals surface area contributed by atoms with Crippen LogP contribution in [0.3, 0.4) is 0 Å². The zero-order chi connectivity index (χ0) is 24.6. The molecule has 0 radical (unpaired) electrons. The normalized spacial score (nSPS) is 11.7. The minimum absolute atomic E-state index is 0.0364. The molecule has 5 nitrogen and oxygen atoms in total. The molecule has 2 amide bonds. The monoisotopic (exact) mass is 457 g/mol. The van der Waals surface area contributed by atoms with Crippen LogP contribution in [0.4, 0.5) is 0 Å². The van der Waals surface area contributed by atoms with Gasteiger partial charge in [0.1, 0.15) is 0 Å². The van der Waals surface area contributed by atoms with Crippen molar-refractivity contribution in [3.63, 3.8) is 0 Å². The van der Waals surface area contributed by atoms with Gasteiger partial charge in [0.05, 0.1) is 13.7 Å². The number of ether oxygens (including phenoxy) is 1. The van der Waals surface area contributed by atoms with Crippen LogP contribution in [-0.4, -0.2) is 28.9 Å². The van der Waals surface area contributed by atoms with Gasteiger partial charge in [-0.15, -0.1) is 0 Å². The number of phenols is 1. The average Bonchev–Trinajstić information content (AvgIpc) is 2.77. The predicted molar refractivity (Wildman–Crippen MR) is 135 cm³/mol. The second-order valence-corrected chi connectivity index (χ2v) is 9.22. The van der Waals surface area contributed by atoms with Crippen molar-refractivity contribution in [2.45, 2.75) is 85.6 Å². The lowest BCUT2D eigenvalue weighted by molar-refractivity contribution is -0.145. The highest BCUT2D eigenvalue weighted by molar-refractivity contribution is 5.95. The fourth-order valence-electron chi connectivity index (χ4n) is 3.40. The van der Waals surface area contributed by atoms with Gasteiger partial charge in [0.15, 0.2) is 11.5 Å². The summed E-state index contributed by atoms with van der Waals surface area (Å²) in [4.78, 5) is 27.3. The standard InChI is InChI=1S/C28H43NO4/c1-22(2)14-10-6-8-12-16-27(31)29(21-24-18-19-25(30)26(20-24)33-5)28(32)17-13-9-7-11-15-23(3)4/h10-11,14-15,18-20,22-23,30H,6-9,12-13,16-17,21H2,1-5H3. The number of rotatable bonds is 15. The highest BCUT2D eigenvalue weighted by atomic mass is 16.5. The van der Waals surface area contributed by atoms with Gasteiger partial charge in [-0.3, -0.25) is 14.5 Å². The van der Waals surface area contributed by atoms with E-state index >= 15 is 0 Å². The zero-order valence-corrected chi connectivity index (χ0v) is 21.2. The largest absolute Gasteiger partial charge is 0.504 e. The third-order valence-electron chi connectivity index (χ3n) is 5.25. The van der Waals surface area contributed by atoms with Gasteiger partial charge in [0.25, 0.3) is 0 Å². The lowest BCUT2D eigenvalue weighted by Crippen LogP contribution is -2.36. The zero-order valence-electron chi connectivity index (χ0n) is 21.2. The van der Waals surface area contributed by atoms with E-state index in [-0.39, 0.29) is 24.1 Å². The van der Waals surface area contributed by atoms with Gasteiger partial charge in [-0.05, 0) is 68.1 Å². The topological polar surface area (TPSA) is 66.8 Å². The highest BCUT2D eigenvalue weighted by Crippen LogP contribution is 2.27. The van der Waals surface area contributed by atoms with E-state index in [9.17, 15) is 14.7 Å². The minimum Gasteiger partial charge on any atom is -0.504 e. The molecule has 1 rings (SSSR count). The SMILES string of the molecule is COc1cc(CN(C(=O)CCCCC=CC(C)C)C(=O)CCCCC=CC(C)C)ccc1O. The molecule has 0 aliphatic carbocycles. The Hall–Kier alpha value is -2.56. The Kier molecular flexibility index (Phi) is 13.9. The van der Waals surface area contributed by atoms with Crippen molar-refractivity contribution in [1.29, 1.82) is 0 Å². The summed E-state index contributed by atoms with van der Waals surface area (Å²) in [7, 11) is 1.48. The number of methoxy groups -OCH3 is 1. The van der Waals surface area contributed by atoms with Gasteiger partial charge in [-0.25, -0.2) is 0 Å². The van der Waals surface area contributed by atoms with E-state index in [1.807, 2.05) is 0 Å². The summed E-state index contributed by atoms with van der Waals surface area (Å²) in [5.41, 5.74) is 0.756. The van der Waals surface area contributed by atoms with Crippen LogP contribution in [0.1, 0.15) is 84.6 Å². The lowest BCUT2D eigenvalue weighted by atomic mass is 10.1. The van der Waals surface area contributed by atoms with Crippen LogP contribution in [0.15, 0.2) is 42.5 Å². The van der Waals surface area contributed by atoms with Gasteiger partial charge >= 0.3 is 0 Å². The molecule has 33 heavy (non-hydrogen) atoms. The fraction of sp³-hybridized carbons (Fsp3) is 0.571. The number of nitrogens with zero attached hydrogens (tertiary/aromatic N) is 1. The third kappa shape index (κ3) is 12.3.